The second-order valence-corrected chi connectivity index (χ2v) is 16.9. The highest BCUT2D eigenvalue weighted by molar-refractivity contribution is 8.00. The Bertz CT molecular complexity index is 2390. The third-order valence-corrected chi connectivity index (χ3v) is 11.8. The van der Waals surface area contributed by atoms with Crippen molar-refractivity contribution in [1.82, 2.24) is 10.2 Å². The number of ether oxygens (including phenoxy) is 1. The summed E-state index contributed by atoms with van der Waals surface area (Å²) in [6, 6.07) is 31.9. The van der Waals surface area contributed by atoms with Crippen LogP contribution in [0.15, 0.2) is 114 Å². The van der Waals surface area contributed by atoms with Gasteiger partial charge in [0.1, 0.15) is 27.6 Å². The number of amides is 4. The second-order valence-electron chi connectivity index (χ2n) is 13.9. The summed E-state index contributed by atoms with van der Waals surface area (Å²) in [5, 5.41) is 18.9. The van der Waals surface area contributed by atoms with Gasteiger partial charge in [0, 0.05) is 27.6 Å². The van der Waals surface area contributed by atoms with Crippen molar-refractivity contribution in [3.05, 3.63) is 152 Å². The van der Waals surface area contributed by atoms with E-state index in [1.165, 1.54) is 29.2 Å². The van der Waals surface area contributed by atoms with Gasteiger partial charge in [0.2, 0.25) is 5.91 Å². The molecular weight excluding hydrogens is 802 g/mol. The minimum absolute atomic E-state index is 0.0752. The predicted molar refractivity (Wildman–Crippen MR) is 226 cm³/mol. The summed E-state index contributed by atoms with van der Waals surface area (Å²) in [6.07, 6.45) is 1.48. The highest BCUT2D eigenvalue weighted by Gasteiger charge is 2.31. The van der Waals surface area contributed by atoms with Crippen LogP contribution >= 0.6 is 46.3 Å². The van der Waals surface area contributed by atoms with E-state index in [-0.39, 0.29) is 28.2 Å². The number of anilines is 2. The largest absolute Gasteiger partial charge is 0.444 e. The molecule has 0 bridgehead atoms. The zero-order valence-electron chi connectivity index (χ0n) is 31.1. The molecule has 0 fully saturated rings. The number of nitrogens with zero attached hydrogens (tertiary/aromatic N) is 2. The molecule has 1 unspecified atom stereocenters. The van der Waals surface area contributed by atoms with E-state index in [0.29, 0.717) is 45.2 Å². The number of nitriles is 1. The molecular formula is C43H37Cl2N5O5S2. The number of fused-ring (bicyclic) bond motifs is 1. The fourth-order valence-electron chi connectivity index (χ4n) is 5.88. The van der Waals surface area contributed by atoms with Crippen LogP contribution in [0.2, 0.25) is 10.0 Å². The van der Waals surface area contributed by atoms with Gasteiger partial charge in [0.05, 0.1) is 22.2 Å². The molecule has 1 aromatic heterocycles. The topological polar surface area (TPSA) is 141 Å². The molecule has 5 aromatic rings. The van der Waals surface area contributed by atoms with Crippen molar-refractivity contribution in [1.29, 1.82) is 5.26 Å². The number of carbonyl (C=O) groups excluding carboxylic acids is 4. The van der Waals surface area contributed by atoms with Crippen molar-refractivity contribution in [3.63, 3.8) is 0 Å². The van der Waals surface area contributed by atoms with Crippen molar-refractivity contribution < 1.29 is 23.9 Å². The highest BCUT2D eigenvalue weighted by Crippen LogP contribution is 2.41. The number of hydrogen-bond donors (Lipinski definition) is 3. The molecule has 6 rings (SSSR count). The summed E-state index contributed by atoms with van der Waals surface area (Å²) < 4.78 is 5.56. The summed E-state index contributed by atoms with van der Waals surface area (Å²) in [7, 11) is 0. The van der Waals surface area contributed by atoms with Crippen LogP contribution in [-0.4, -0.2) is 40.9 Å². The quantitative estimate of drug-likeness (QED) is 0.0940. The molecule has 1 aliphatic rings. The predicted octanol–water partition coefficient (Wildman–Crippen LogP) is 10.1. The lowest BCUT2D eigenvalue weighted by Crippen LogP contribution is -2.39. The Hall–Kier alpha value is -5.58. The van der Waals surface area contributed by atoms with E-state index in [1.54, 1.807) is 71.6 Å². The molecule has 0 radical (unpaired) electrons. The molecule has 0 saturated carbocycles. The molecule has 0 spiro atoms. The first kappa shape index (κ1) is 41.1. The minimum Gasteiger partial charge on any atom is -0.444 e. The zero-order valence-corrected chi connectivity index (χ0v) is 34.2. The van der Waals surface area contributed by atoms with Crippen LogP contribution in [-0.2, 0) is 27.3 Å². The van der Waals surface area contributed by atoms with Crippen molar-refractivity contribution in [2.75, 3.05) is 17.2 Å². The van der Waals surface area contributed by atoms with Crippen molar-refractivity contribution in [3.8, 4) is 6.07 Å². The van der Waals surface area contributed by atoms with E-state index < -0.39 is 28.8 Å². The van der Waals surface area contributed by atoms with Gasteiger partial charge in [-0.25, -0.2) is 4.79 Å². The standard InChI is InChI=1S/C43H37Cl2N5O5S2/c1-43(2,3)55-42(54)50-21-20-31-32(24-46)41(57-35(31)25-50)49-40(53)37(26-12-6-4-7-13-26)56-30-18-11-17-29(23-30)47-39(52)34(22-28-16-10-19-33(44)36(28)45)48-38(51)27-14-8-5-9-15-27/h4-19,22-23,37H,20-21,25H2,1-3H3,(H,47,52)(H,48,51)(H,49,53)/b34-22+. The van der Waals surface area contributed by atoms with Gasteiger partial charge < -0.3 is 25.6 Å². The number of nitrogens with one attached hydrogen (secondary N) is 3. The Kier molecular flexibility index (Phi) is 13.1. The molecule has 4 aromatic carbocycles. The van der Waals surface area contributed by atoms with E-state index >= 15 is 0 Å². The van der Waals surface area contributed by atoms with E-state index in [1.807, 2.05) is 57.2 Å². The van der Waals surface area contributed by atoms with Gasteiger partial charge in [0.25, 0.3) is 11.8 Å². The number of benzene rings is 4. The highest BCUT2D eigenvalue weighted by atomic mass is 35.5. The van der Waals surface area contributed by atoms with Gasteiger partial charge in [-0.2, -0.15) is 5.26 Å². The molecule has 3 N–H and O–H groups in total. The maximum atomic E-state index is 14.2. The molecule has 0 saturated heterocycles. The number of rotatable bonds is 10. The first-order chi connectivity index (χ1) is 27.3. The molecule has 4 amide bonds. The number of halogens is 2. The number of thioether (sulfide) groups is 1. The molecule has 0 aliphatic carbocycles. The lowest BCUT2D eigenvalue weighted by Gasteiger charge is -2.29. The van der Waals surface area contributed by atoms with E-state index in [4.69, 9.17) is 27.9 Å². The normalized spacial score (nSPS) is 13.1. The van der Waals surface area contributed by atoms with Crippen molar-refractivity contribution in [2.24, 2.45) is 0 Å². The molecule has 1 atom stereocenters. The van der Waals surface area contributed by atoms with Crippen LogP contribution in [0, 0.1) is 11.3 Å². The summed E-state index contributed by atoms with van der Waals surface area (Å²) in [5.41, 5.74) is 2.38. The van der Waals surface area contributed by atoms with Crippen LogP contribution in [0.25, 0.3) is 6.08 Å². The lowest BCUT2D eigenvalue weighted by molar-refractivity contribution is -0.116. The Labute approximate surface area is 348 Å². The minimum atomic E-state index is -0.758. The molecule has 1 aliphatic heterocycles. The van der Waals surface area contributed by atoms with E-state index in [0.717, 1.165) is 16.0 Å². The molecule has 57 heavy (non-hydrogen) atoms. The molecule has 2 heterocycles. The third kappa shape index (κ3) is 10.4. The summed E-state index contributed by atoms with van der Waals surface area (Å²) in [4.78, 5) is 57.0. The summed E-state index contributed by atoms with van der Waals surface area (Å²) >= 11 is 15.2. The summed E-state index contributed by atoms with van der Waals surface area (Å²) in [5.74, 6) is -1.47. The van der Waals surface area contributed by atoms with Crippen molar-refractivity contribution in [2.45, 2.75) is 49.5 Å². The smallest absolute Gasteiger partial charge is 0.410 e. The summed E-state index contributed by atoms with van der Waals surface area (Å²) in [6.45, 7) is 6.09. The average Bonchev–Trinajstić information content (AvgIpc) is 3.54. The molecule has 10 nitrogen and oxygen atoms in total. The maximum Gasteiger partial charge on any atom is 0.410 e. The van der Waals surface area contributed by atoms with Crippen LogP contribution < -0.4 is 16.0 Å². The third-order valence-electron chi connectivity index (χ3n) is 8.55. The van der Waals surface area contributed by atoms with Crippen LogP contribution in [0.5, 0.6) is 0 Å². The number of carbonyl (C=O) groups is 4. The van der Waals surface area contributed by atoms with Gasteiger partial charge in [0.15, 0.2) is 0 Å². The van der Waals surface area contributed by atoms with Gasteiger partial charge in [-0.3, -0.25) is 14.4 Å². The van der Waals surface area contributed by atoms with Crippen molar-refractivity contribution >= 4 is 86.9 Å². The number of thiophene rings is 1. The van der Waals surface area contributed by atoms with Crippen LogP contribution in [0.3, 0.4) is 0 Å². The van der Waals surface area contributed by atoms with Gasteiger partial charge >= 0.3 is 6.09 Å². The monoisotopic (exact) mass is 837 g/mol. The Balaban J connectivity index is 1.23. The Morgan fingerprint density at radius 2 is 1.63 bits per heavy atom. The first-order valence-electron chi connectivity index (χ1n) is 17.8. The molecule has 14 heteroatoms. The van der Waals surface area contributed by atoms with E-state index in [9.17, 15) is 24.4 Å². The average molecular weight is 839 g/mol. The fraction of sp³-hybridized carbons (Fsp3) is 0.186. The van der Waals surface area contributed by atoms with Gasteiger partial charge in [-0.05, 0) is 86.4 Å². The maximum absolute atomic E-state index is 14.2. The second kappa shape index (κ2) is 18.1. The first-order valence-corrected chi connectivity index (χ1v) is 20.2. The van der Waals surface area contributed by atoms with Gasteiger partial charge in [-0.1, -0.05) is 89.9 Å². The van der Waals surface area contributed by atoms with Crippen LogP contribution in [0.1, 0.15) is 63.5 Å². The van der Waals surface area contributed by atoms with E-state index in [2.05, 4.69) is 22.0 Å². The zero-order chi connectivity index (χ0) is 40.7. The Morgan fingerprint density at radius 1 is 0.930 bits per heavy atom. The lowest BCUT2D eigenvalue weighted by atomic mass is 10.0. The Morgan fingerprint density at radius 3 is 2.33 bits per heavy atom. The number of hydrogen-bond acceptors (Lipinski definition) is 8. The van der Waals surface area contributed by atoms with Crippen LogP contribution in [0.4, 0.5) is 15.5 Å². The fourth-order valence-corrected chi connectivity index (χ4v) is 8.54. The molecule has 290 valence electrons. The van der Waals surface area contributed by atoms with Gasteiger partial charge in [-0.15, -0.1) is 23.1 Å². The SMILES string of the molecule is CC(C)(C)OC(=O)N1CCc2c(sc(NC(=O)C(Sc3cccc(NC(=O)/C(=C\c4cccc(Cl)c4Cl)NC(=O)c4ccccc4)c3)c3ccccc3)c2C#N)C1.